The van der Waals surface area contributed by atoms with E-state index in [0.717, 1.165) is 22.6 Å². The number of halogens is 1. The van der Waals surface area contributed by atoms with Crippen LogP contribution >= 0.6 is 27.7 Å². The summed E-state index contributed by atoms with van der Waals surface area (Å²) in [6.45, 7) is 0.960. The van der Waals surface area contributed by atoms with E-state index in [2.05, 4.69) is 40.2 Å². The third-order valence-corrected chi connectivity index (χ3v) is 4.12. The Morgan fingerprint density at radius 1 is 1.47 bits per heavy atom. The van der Waals surface area contributed by atoms with Gasteiger partial charge in [0, 0.05) is 22.6 Å². The van der Waals surface area contributed by atoms with Crippen LogP contribution in [0.3, 0.4) is 0 Å². The van der Waals surface area contributed by atoms with Gasteiger partial charge in [-0.3, -0.25) is 0 Å². The SMILES string of the molecule is Brc1cccc(CSCC2CCCO2)c1. The Bertz CT molecular complexity index is 310. The minimum atomic E-state index is 0.502. The first-order valence-corrected chi connectivity index (χ1v) is 7.23. The molecule has 1 aliphatic heterocycles. The summed E-state index contributed by atoms with van der Waals surface area (Å²) in [7, 11) is 0. The number of hydrogen-bond donors (Lipinski definition) is 0. The van der Waals surface area contributed by atoms with Crippen LogP contribution in [0.5, 0.6) is 0 Å². The Hall–Kier alpha value is 0.01000. The molecule has 0 N–H and O–H groups in total. The topological polar surface area (TPSA) is 9.23 Å². The second kappa shape index (κ2) is 5.92. The molecule has 0 bridgehead atoms. The van der Waals surface area contributed by atoms with Crippen molar-refractivity contribution in [1.29, 1.82) is 0 Å². The molecule has 3 heteroatoms. The number of rotatable bonds is 4. The zero-order valence-corrected chi connectivity index (χ0v) is 11.0. The molecule has 1 unspecified atom stereocenters. The van der Waals surface area contributed by atoms with Gasteiger partial charge in [-0.25, -0.2) is 0 Å². The Morgan fingerprint density at radius 3 is 3.13 bits per heavy atom. The van der Waals surface area contributed by atoms with E-state index in [1.807, 2.05) is 11.8 Å². The highest BCUT2D eigenvalue weighted by molar-refractivity contribution is 9.10. The van der Waals surface area contributed by atoms with Crippen molar-refractivity contribution in [1.82, 2.24) is 0 Å². The maximum atomic E-state index is 5.58. The molecule has 0 amide bonds. The van der Waals surface area contributed by atoms with E-state index >= 15 is 0 Å². The maximum absolute atomic E-state index is 5.58. The molecule has 82 valence electrons. The molecule has 0 spiro atoms. The highest BCUT2D eigenvalue weighted by atomic mass is 79.9. The number of benzene rings is 1. The van der Waals surface area contributed by atoms with Crippen molar-refractivity contribution in [3.8, 4) is 0 Å². The maximum Gasteiger partial charge on any atom is 0.0666 e. The van der Waals surface area contributed by atoms with Gasteiger partial charge in [-0.1, -0.05) is 28.1 Å². The molecular formula is C12H15BrOS. The standard InChI is InChI=1S/C12H15BrOS/c13-11-4-1-3-10(7-11)8-15-9-12-5-2-6-14-12/h1,3-4,7,12H,2,5-6,8-9H2. The lowest BCUT2D eigenvalue weighted by atomic mass is 10.2. The molecule has 15 heavy (non-hydrogen) atoms. The van der Waals surface area contributed by atoms with Crippen molar-refractivity contribution in [2.45, 2.75) is 24.7 Å². The van der Waals surface area contributed by atoms with Crippen LogP contribution in [0.1, 0.15) is 18.4 Å². The summed E-state index contributed by atoms with van der Waals surface area (Å²) in [5, 5.41) is 0. The van der Waals surface area contributed by atoms with Crippen LogP contribution in [-0.2, 0) is 10.5 Å². The summed E-state index contributed by atoms with van der Waals surface area (Å²) in [5.41, 5.74) is 1.38. The molecule has 0 aromatic heterocycles. The lowest BCUT2D eigenvalue weighted by molar-refractivity contribution is 0.129. The van der Waals surface area contributed by atoms with Crippen LogP contribution in [0.2, 0.25) is 0 Å². The Kier molecular flexibility index (Phi) is 4.54. The molecule has 0 aliphatic carbocycles. The molecule has 1 aliphatic rings. The van der Waals surface area contributed by atoms with Crippen LogP contribution < -0.4 is 0 Å². The highest BCUT2D eigenvalue weighted by Crippen LogP contribution is 2.21. The van der Waals surface area contributed by atoms with Gasteiger partial charge in [0.1, 0.15) is 0 Å². The fraction of sp³-hybridized carbons (Fsp3) is 0.500. The molecule has 0 saturated carbocycles. The minimum absolute atomic E-state index is 0.502. The lowest BCUT2D eigenvalue weighted by Crippen LogP contribution is -2.07. The average molecular weight is 287 g/mol. The van der Waals surface area contributed by atoms with Crippen LogP contribution in [0.25, 0.3) is 0 Å². The van der Waals surface area contributed by atoms with Crippen LogP contribution in [0.15, 0.2) is 28.7 Å². The van der Waals surface area contributed by atoms with Crippen LogP contribution in [0, 0.1) is 0 Å². The van der Waals surface area contributed by atoms with E-state index < -0.39 is 0 Å². The van der Waals surface area contributed by atoms with Crippen molar-refractivity contribution in [3.05, 3.63) is 34.3 Å². The molecular weight excluding hydrogens is 272 g/mol. The third-order valence-electron chi connectivity index (χ3n) is 2.49. The normalized spacial score (nSPS) is 20.7. The van der Waals surface area contributed by atoms with E-state index in [1.54, 1.807) is 0 Å². The second-order valence-electron chi connectivity index (χ2n) is 3.78. The smallest absolute Gasteiger partial charge is 0.0666 e. The van der Waals surface area contributed by atoms with Crippen molar-refractivity contribution in [2.75, 3.05) is 12.4 Å². The van der Waals surface area contributed by atoms with Gasteiger partial charge in [0.25, 0.3) is 0 Å². The van der Waals surface area contributed by atoms with E-state index in [9.17, 15) is 0 Å². The van der Waals surface area contributed by atoms with Gasteiger partial charge in [0.15, 0.2) is 0 Å². The quantitative estimate of drug-likeness (QED) is 0.831. The van der Waals surface area contributed by atoms with Gasteiger partial charge in [-0.2, -0.15) is 11.8 Å². The fourth-order valence-corrected chi connectivity index (χ4v) is 3.22. The molecule has 1 aromatic carbocycles. The number of ether oxygens (including phenoxy) is 1. The van der Waals surface area contributed by atoms with Crippen molar-refractivity contribution >= 4 is 27.7 Å². The Morgan fingerprint density at radius 2 is 2.40 bits per heavy atom. The van der Waals surface area contributed by atoms with Gasteiger partial charge in [-0.15, -0.1) is 0 Å². The second-order valence-corrected chi connectivity index (χ2v) is 5.73. The zero-order chi connectivity index (χ0) is 10.5. The molecule has 1 aromatic rings. The van der Waals surface area contributed by atoms with E-state index in [1.165, 1.54) is 18.4 Å². The Labute approximate surface area is 104 Å². The monoisotopic (exact) mass is 286 g/mol. The van der Waals surface area contributed by atoms with Crippen molar-refractivity contribution < 1.29 is 4.74 Å². The van der Waals surface area contributed by atoms with Gasteiger partial charge in [0.05, 0.1) is 6.10 Å². The van der Waals surface area contributed by atoms with Gasteiger partial charge in [0.2, 0.25) is 0 Å². The molecule has 1 nitrogen and oxygen atoms in total. The number of hydrogen-bond acceptors (Lipinski definition) is 2. The van der Waals surface area contributed by atoms with E-state index in [0.29, 0.717) is 6.10 Å². The fourth-order valence-electron chi connectivity index (χ4n) is 1.71. The van der Waals surface area contributed by atoms with Crippen molar-refractivity contribution in [3.63, 3.8) is 0 Å². The summed E-state index contributed by atoms with van der Waals surface area (Å²) in [6, 6.07) is 8.51. The van der Waals surface area contributed by atoms with Gasteiger partial charge in [-0.05, 0) is 30.5 Å². The zero-order valence-electron chi connectivity index (χ0n) is 8.62. The lowest BCUT2D eigenvalue weighted by Gasteiger charge is -2.08. The summed E-state index contributed by atoms with van der Waals surface area (Å²) in [4.78, 5) is 0. The molecule has 1 heterocycles. The predicted molar refractivity (Wildman–Crippen MR) is 69.3 cm³/mol. The minimum Gasteiger partial charge on any atom is -0.377 e. The van der Waals surface area contributed by atoms with Crippen molar-refractivity contribution in [2.24, 2.45) is 0 Å². The van der Waals surface area contributed by atoms with Gasteiger partial charge >= 0.3 is 0 Å². The summed E-state index contributed by atoms with van der Waals surface area (Å²) >= 11 is 5.45. The summed E-state index contributed by atoms with van der Waals surface area (Å²) < 4.78 is 6.75. The third kappa shape index (κ3) is 3.82. The largest absolute Gasteiger partial charge is 0.377 e. The van der Waals surface area contributed by atoms with E-state index in [-0.39, 0.29) is 0 Å². The Balaban J connectivity index is 1.73. The number of thioether (sulfide) groups is 1. The molecule has 2 rings (SSSR count). The molecule has 1 fully saturated rings. The molecule has 1 atom stereocenters. The average Bonchev–Trinajstić information content (AvgIpc) is 2.71. The predicted octanol–water partition coefficient (Wildman–Crippen LogP) is 3.86. The molecule has 0 radical (unpaired) electrons. The van der Waals surface area contributed by atoms with Crippen LogP contribution in [0.4, 0.5) is 0 Å². The van der Waals surface area contributed by atoms with E-state index in [4.69, 9.17) is 4.74 Å². The van der Waals surface area contributed by atoms with Gasteiger partial charge < -0.3 is 4.74 Å². The summed E-state index contributed by atoms with van der Waals surface area (Å²) in [5.74, 6) is 2.21. The molecule has 1 saturated heterocycles. The van der Waals surface area contributed by atoms with Crippen LogP contribution in [-0.4, -0.2) is 18.5 Å². The summed E-state index contributed by atoms with van der Waals surface area (Å²) in [6.07, 6.45) is 2.98. The highest BCUT2D eigenvalue weighted by Gasteiger charge is 2.14. The first-order chi connectivity index (χ1) is 7.34. The first-order valence-electron chi connectivity index (χ1n) is 5.28. The first kappa shape index (κ1) is 11.5.